The number of ether oxygens (including phenoxy) is 1. The molecule has 41 heavy (non-hydrogen) atoms. The van der Waals surface area contributed by atoms with Crippen molar-refractivity contribution in [1.29, 1.82) is 0 Å². The van der Waals surface area contributed by atoms with Crippen LogP contribution in [0.2, 0.25) is 0 Å². The molecule has 2 heterocycles. The molecule has 2 aliphatic rings. The molecule has 1 amide bonds. The van der Waals surface area contributed by atoms with Gasteiger partial charge in [0.15, 0.2) is 0 Å². The van der Waals surface area contributed by atoms with Crippen molar-refractivity contribution >= 4 is 11.6 Å². The first-order valence-electron chi connectivity index (χ1n) is 13.7. The maximum Gasteiger partial charge on any atom is 0.387 e. The molecule has 2 N–H and O–H groups in total. The Labute approximate surface area is 237 Å². The lowest BCUT2D eigenvalue weighted by atomic mass is 9.67. The fourth-order valence-electron chi connectivity index (χ4n) is 6.05. The molecule has 5 nitrogen and oxygen atoms in total. The molecule has 9 heteroatoms. The van der Waals surface area contributed by atoms with Crippen LogP contribution in [0.15, 0.2) is 79.0 Å². The van der Waals surface area contributed by atoms with Gasteiger partial charge < -0.3 is 20.3 Å². The minimum Gasteiger partial charge on any atom is -0.435 e. The van der Waals surface area contributed by atoms with Gasteiger partial charge in [-0.3, -0.25) is 4.79 Å². The summed E-state index contributed by atoms with van der Waals surface area (Å²) in [6.07, 6.45) is 2.95. The second kappa shape index (κ2) is 12.3. The fraction of sp³-hybridized carbons (Fsp3) is 0.344. The lowest BCUT2D eigenvalue weighted by molar-refractivity contribution is -0.123. The Morgan fingerprint density at radius 2 is 1.76 bits per heavy atom. The third kappa shape index (κ3) is 6.90. The lowest BCUT2D eigenvalue weighted by Gasteiger charge is -2.46. The number of rotatable bonds is 9. The molecule has 0 aliphatic carbocycles. The van der Waals surface area contributed by atoms with Crippen LogP contribution in [0.3, 0.4) is 0 Å². The quantitative estimate of drug-likeness (QED) is 0.282. The molecule has 1 atom stereocenters. The lowest BCUT2D eigenvalue weighted by Crippen LogP contribution is -2.45. The summed E-state index contributed by atoms with van der Waals surface area (Å²) < 4.78 is 57.4. The van der Waals surface area contributed by atoms with E-state index in [0.717, 1.165) is 49.3 Å². The standard InChI is InChI=1S/C32H33F4N3O2/c1-21-19-32(28-18-25(34)9-10-29(28)38-21)12-15-39(16-13-32)14-11-27(23-5-7-24(33)8-6-23)30(40)37-20-22-3-2-4-26(17-22)41-31(35)36/h2-10,17-18,27,31,38H,1,11-16,19-20H2,(H,37,40). The van der Waals surface area contributed by atoms with Gasteiger partial charge in [-0.2, -0.15) is 8.78 Å². The van der Waals surface area contributed by atoms with Crippen LogP contribution in [0.1, 0.15) is 48.3 Å². The Kier molecular flexibility index (Phi) is 8.63. The third-order valence-electron chi connectivity index (χ3n) is 8.14. The zero-order valence-electron chi connectivity index (χ0n) is 22.6. The average molecular weight is 568 g/mol. The van der Waals surface area contributed by atoms with Gasteiger partial charge >= 0.3 is 6.61 Å². The fourth-order valence-corrected chi connectivity index (χ4v) is 6.05. The van der Waals surface area contributed by atoms with Gasteiger partial charge in [-0.25, -0.2) is 8.78 Å². The highest BCUT2D eigenvalue weighted by molar-refractivity contribution is 5.83. The van der Waals surface area contributed by atoms with E-state index >= 15 is 0 Å². The molecule has 0 radical (unpaired) electrons. The minimum atomic E-state index is -2.93. The van der Waals surface area contributed by atoms with Crippen LogP contribution < -0.4 is 15.4 Å². The molecule has 3 aromatic rings. The van der Waals surface area contributed by atoms with Crippen molar-refractivity contribution in [3.05, 3.63) is 107 Å². The maximum absolute atomic E-state index is 14.2. The predicted molar refractivity (Wildman–Crippen MR) is 150 cm³/mol. The first-order valence-corrected chi connectivity index (χ1v) is 13.7. The molecular weight excluding hydrogens is 534 g/mol. The number of likely N-dealkylation sites (tertiary alicyclic amines) is 1. The summed E-state index contributed by atoms with van der Waals surface area (Å²) in [5.41, 5.74) is 3.98. The molecule has 1 saturated heterocycles. The van der Waals surface area contributed by atoms with Gasteiger partial charge in [-0.05, 0) is 104 Å². The molecule has 1 unspecified atom stereocenters. The predicted octanol–water partition coefficient (Wildman–Crippen LogP) is 6.72. The van der Waals surface area contributed by atoms with Crippen molar-refractivity contribution in [2.45, 2.75) is 50.2 Å². The molecule has 1 fully saturated rings. The highest BCUT2D eigenvalue weighted by Crippen LogP contribution is 2.47. The summed E-state index contributed by atoms with van der Waals surface area (Å²) in [5, 5.41) is 6.20. The van der Waals surface area contributed by atoms with E-state index in [9.17, 15) is 22.4 Å². The molecule has 0 aromatic heterocycles. The minimum absolute atomic E-state index is 0.0207. The van der Waals surface area contributed by atoms with Crippen molar-refractivity contribution in [3.63, 3.8) is 0 Å². The number of nitrogens with zero attached hydrogens (tertiary/aromatic N) is 1. The van der Waals surface area contributed by atoms with E-state index in [1.165, 1.54) is 30.3 Å². The average Bonchev–Trinajstić information content (AvgIpc) is 2.94. The van der Waals surface area contributed by atoms with Crippen LogP contribution in [0.5, 0.6) is 5.75 Å². The zero-order chi connectivity index (χ0) is 29.0. The summed E-state index contributed by atoms with van der Waals surface area (Å²) in [5.74, 6) is -1.37. The number of hydrogen-bond acceptors (Lipinski definition) is 4. The Balaban J connectivity index is 1.24. The summed E-state index contributed by atoms with van der Waals surface area (Å²) in [6.45, 7) is 3.58. The van der Waals surface area contributed by atoms with Crippen molar-refractivity contribution in [3.8, 4) is 5.75 Å². The first kappa shape index (κ1) is 28.7. The van der Waals surface area contributed by atoms with Gasteiger partial charge in [-0.1, -0.05) is 30.8 Å². The van der Waals surface area contributed by atoms with E-state index in [-0.39, 0.29) is 35.3 Å². The number of hydrogen-bond donors (Lipinski definition) is 2. The number of benzene rings is 3. The van der Waals surface area contributed by atoms with Crippen LogP contribution in [-0.4, -0.2) is 37.1 Å². The van der Waals surface area contributed by atoms with Crippen LogP contribution in [0.4, 0.5) is 23.2 Å². The van der Waals surface area contributed by atoms with Crippen LogP contribution >= 0.6 is 0 Å². The Hall–Kier alpha value is -3.85. The number of halogens is 4. The number of fused-ring (bicyclic) bond motifs is 2. The van der Waals surface area contributed by atoms with Gasteiger partial charge in [-0.15, -0.1) is 0 Å². The summed E-state index contributed by atoms with van der Waals surface area (Å²) in [6, 6.07) is 17.0. The largest absolute Gasteiger partial charge is 0.435 e. The zero-order valence-corrected chi connectivity index (χ0v) is 22.6. The van der Waals surface area contributed by atoms with E-state index in [0.29, 0.717) is 24.1 Å². The maximum atomic E-state index is 14.2. The van der Waals surface area contributed by atoms with Gasteiger partial charge in [0.25, 0.3) is 0 Å². The topological polar surface area (TPSA) is 53.6 Å². The van der Waals surface area contributed by atoms with Gasteiger partial charge in [0, 0.05) is 23.3 Å². The van der Waals surface area contributed by atoms with Crippen LogP contribution in [-0.2, 0) is 16.8 Å². The third-order valence-corrected chi connectivity index (χ3v) is 8.14. The summed E-state index contributed by atoms with van der Waals surface area (Å²) >= 11 is 0. The normalized spacial score (nSPS) is 17.1. The Bertz CT molecular complexity index is 1390. The second-order valence-corrected chi connectivity index (χ2v) is 10.9. The number of alkyl halides is 2. The molecule has 1 spiro atoms. The van der Waals surface area contributed by atoms with Crippen LogP contribution in [0.25, 0.3) is 0 Å². The Morgan fingerprint density at radius 1 is 1.02 bits per heavy atom. The van der Waals surface area contributed by atoms with E-state index in [1.807, 2.05) is 0 Å². The van der Waals surface area contributed by atoms with E-state index in [2.05, 4.69) is 26.8 Å². The number of carbonyl (C=O) groups excluding carboxylic acids is 1. The number of anilines is 1. The smallest absolute Gasteiger partial charge is 0.387 e. The number of amides is 1. The van der Waals surface area contributed by atoms with E-state index in [1.54, 1.807) is 36.4 Å². The number of allylic oxidation sites excluding steroid dienone is 1. The highest BCUT2D eigenvalue weighted by Gasteiger charge is 2.41. The van der Waals surface area contributed by atoms with Crippen molar-refractivity contribution < 1.29 is 27.1 Å². The molecule has 0 bridgehead atoms. The summed E-state index contributed by atoms with van der Waals surface area (Å²) in [4.78, 5) is 15.7. The molecular formula is C32H33F4N3O2. The molecule has 0 saturated carbocycles. The summed E-state index contributed by atoms with van der Waals surface area (Å²) in [7, 11) is 0. The van der Waals surface area contributed by atoms with Crippen molar-refractivity contribution in [1.82, 2.24) is 10.2 Å². The number of nitrogens with one attached hydrogen (secondary N) is 2. The van der Waals surface area contributed by atoms with Crippen LogP contribution in [0, 0.1) is 11.6 Å². The number of piperidine rings is 1. The Morgan fingerprint density at radius 3 is 2.49 bits per heavy atom. The molecule has 216 valence electrons. The molecule has 3 aromatic carbocycles. The highest BCUT2D eigenvalue weighted by atomic mass is 19.3. The molecule has 2 aliphatic heterocycles. The first-order chi connectivity index (χ1) is 19.7. The van der Waals surface area contributed by atoms with Gasteiger partial charge in [0.1, 0.15) is 17.4 Å². The van der Waals surface area contributed by atoms with Crippen molar-refractivity contribution in [2.24, 2.45) is 0 Å². The van der Waals surface area contributed by atoms with Gasteiger partial charge in [0.05, 0.1) is 5.92 Å². The van der Waals surface area contributed by atoms with E-state index in [4.69, 9.17) is 0 Å². The second-order valence-electron chi connectivity index (χ2n) is 10.9. The van der Waals surface area contributed by atoms with E-state index < -0.39 is 12.5 Å². The monoisotopic (exact) mass is 567 g/mol. The number of carbonyl (C=O) groups is 1. The SMILES string of the molecule is C=C1CC2(CCN(CCC(C(=O)NCc3cccc(OC(F)F)c3)c3ccc(F)cc3)CC2)c2cc(F)ccc2N1. The van der Waals surface area contributed by atoms with Crippen molar-refractivity contribution in [2.75, 3.05) is 25.0 Å². The molecule has 5 rings (SSSR count). The van der Waals surface area contributed by atoms with Gasteiger partial charge in [0.2, 0.25) is 5.91 Å².